The fourth-order valence-electron chi connectivity index (χ4n) is 4.47. The molecule has 10 N–H and O–H groups in total. The molecule has 0 aromatic heterocycles. The van der Waals surface area contributed by atoms with Gasteiger partial charge in [-0.15, -0.1) is 0 Å². The molecule has 0 saturated heterocycles. The van der Waals surface area contributed by atoms with Gasteiger partial charge in [-0.2, -0.15) is 0 Å². The van der Waals surface area contributed by atoms with Crippen molar-refractivity contribution in [2.45, 2.75) is 70.6 Å². The first-order valence-corrected chi connectivity index (χ1v) is 14.9. The molecule has 0 radical (unpaired) electrons. The van der Waals surface area contributed by atoms with Crippen molar-refractivity contribution in [3.05, 3.63) is 71.3 Å². The summed E-state index contributed by atoms with van der Waals surface area (Å²) in [7, 11) is 0. The molecular formula is C32H45N7O6. The summed E-state index contributed by atoms with van der Waals surface area (Å²) in [5.74, 6) is -2.92. The monoisotopic (exact) mass is 623 g/mol. The molecule has 2 aromatic carbocycles. The van der Waals surface area contributed by atoms with Crippen molar-refractivity contribution in [3.8, 4) is 0 Å². The Labute approximate surface area is 263 Å². The number of carbonyl (C=O) groups excluding carboxylic acids is 6. The molecule has 2 rings (SSSR count). The highest BCUT2D eigenvalue weighted by molar-refractivity contribution is 5.94. The van der Waals surface area contributed by atoms with Gasteiger partial charge in [0.25, 0.3) is 0 Å². The van der Waals surface area contributed by atoms with Crippen LogP contribution >= 0.6 is 0 Å². The van der Waals surface area contributed by atoms with Crippen LogP contribution in [0.4, 0.5) is 0 Å². The lowest BCUT2D eigenvalue weighted by Gasteiger charge is -2.22. The highest BCUT2D eigenvalue weighted by Crippen LogP contribution is 2.08. The van der Waals surface area contributed by atoms with Gasteiger partial charge in [0.1, 0.15) is 6.04 Å². The zero-order valence-corrected chi connectivity index (χ0v) is 26.0. The number of ketones is 1. The molecule has 0 unspecified atom stereocenters. The van der Waals surface area contributed by atoms with Crippen LogP contribution in [0.1, 0.15) is 55.1 Å². The van der Waals surface area contributed by atoms with Crippen LogP contribution in [0.15, 0.2) is 54.6 Å². The number of rotatable bonds is 18. The SMILES string of the molecule is CC(=O)[C@H](Cc1ccccc1)NC(=O)CNC(=O)[C@@H](CCNC(=O)[C@@H](N)CC(C)C)NC(=O)[C@@H](N)Cc1ccc(C(N)=O)cc1. The highest BCUT2D eigenvalue weighted by atomic mass is 16.2. The minimum Gasteiger partial charge on any atom is -0.366 e. The first kappa shape index (κ1) is 36.6. The molecule has 0 fully saturated rings. The maximum atomic E-state index is 13.1. The van der Waals surface area contributed by atoms with Gasteiger partial charge >= 0.3 is 0 Å². The van der Waals surface area contributed by atoms with E-state index in [1.165, 1.54) is 19.1 Å². The van der Waals surface area contributed by atoms with E-state index in [2.05, 4.69) is 21.3 Å². The van der Waals surface area contributed by atoms with Crippen molar-refractivity contribution in [1.82, 2.24) is 21.3 Å². The van der Waals surface area contributed by atoms with Crippen molar-refractivity contribution in [2.75, 3.05) is 13.1 Å². The summed E-state index contributed by atoms with van der Waals surface area (Å²) in [6.45, 7) is 4.81. The van der Waals surface area contributed by atoms with Gasteiger partial charge < -0.3 is 38.5 Å². The van der Waals surface area contributed by atoms with Gasteiger partial charge in [0, 0.05) is 12.1 Å². The molecule has 13 heteroatoms. The summed E-state index contributed by atoms with van der Waals surface area (Å²) >= 11 is 0. The van der Waals surface area contributed by atoms with E-state index >= 15 is 0 Å². The van der Waals surface area contributed by atoms with Gasteiger partial charge in [0.2, 0.25) is 29.5 Å². The molecule has 2 aromatic rings. The third-order valence-corrected chi connectivity index (χ3v) is 6.99. The average Bonchev–Trinajstić information content (AvgIpc) is 2.99. The second kappa shape index (κ2) is 18.2. The fraction of sp³-hybridized carbons (Fsp3) is 0.438. The smallest absolute Gasteiger partial charge is 0.248 e. The number of hydrogen-bond acceptors (Lipinski definition) is 8. The van der Waals surface area contributed by atoms with Gasteiger partial charge in [-0.1, -0.05) is 56.3 Å². The van der Waals surface area contributed by atoms with Crippen molar-refractivity contribution in [2.24, 2.45) is 23.1 Å². The van der Waals surface area contributed by atoms with E-state index in [9.17, 15) is 28.8 Å². The van der Waals surface area contributed by atoms with Crippen LogP contribution in [0.5, 0.6) is 0 Å². The highest BCUT2D eigenvalue weighted by Gasteiger charge is 2.26. The first-order chi connectivity index (χ1) is 21.3. The van der Waals surface area contributed by atoms with Gasteiger partial charge in [0.15, 0.2) is 5.78 Å². The summed E-state index contributed by atoms with van der Waals surface area (Å²) in [4.78, 5) is 74.6. The van der Waals surface area contributed by atoms with E-state index < -0.39 is 60.2 Å². The Bertz CT molecular complexity index is 1320. The summed E-state index contributed by atoms with van der Waals surface area (Å²) in [5, 5.41) is 10.4. The Morgan fingerprint density at radius 1 is 0.711 bits per heavy atom. The van der Waals surface area contributed by atoms with Crippen molar-refractivity contribution in [1.29, 1.82) is 0 Å². The maximum absolute atomic E-state index is 13.1. The minimum atomic E-state index is -1.15. The van der Waals surface area contributed by atoms with Gasteiger partial charge in [-0.25, -0.2) is 0 Å². The Hall–Kier alpha value is -4.62. The average molecular weight is 624 g/mol. The molecule has 0 heterocycles. The van der Waals surface area contributed by atoms with E-state index in [-0.39, 0.29) is 37.5 Å². The van der Waals surface area contributed by atoms with Crippen LogP contribution in [0.25, 0.3) is 0 Å². The van der Waals surface area contributed by atoms with Gasteiger partial charge in [-0.3, -0.25) is 28.8 Å². The molecule has 244 valence electrons. The maximum Gasteiger partial charge on any atom is 0.248 e. The Balaban J connectivity index is 2.03. The number of carbonyl (C=O) groups is 6. The second-order valence-corrected chi connectivity index (χ2v) is 11.4. The molecule has 0 aliphatic heterocycles. The van der Waals surface area contributed by atoms with Crippen molar-refractivity contribution >= 4 is 35.3 Å². The van der Waals surface area contributed by atoms with E-state index in [0.29, 0.717) is 17.5 Å². The topological polar surface area (TPSA) is 229 Å². The molecule has 0 spiro atoms. The lowest BCUT2D eigenvalue weighted by atomic mass is 10.0. The van der Waals surface area contributed by atoms with Crippen LogP contribution in [0, 0.1) is 5.92 Å². The largest absolute Gasteiger partial charge is 0.366 e. The number of nitrogens with two attached hydrogens (primary N) is 3. The number of benzene rings is 2. The molecule has 0 bridgehead atoms. The van der Waals surface area contributed by atoms with Crippen molar-refractivity contribution in [3.63, 3.8) is 0 Å². The van der Waals surface area contributed by atoms with Gasteiger partial charge in [-0.05, 0) is 61.8 Å². The van der Waals surface area contributed by atoms with Crippen LogP contribution < -0.4 is 38.5 Å². The second-order valence-electron chi connectivity index (χ2n) is 11.4. The lowest BCUT2D eigenvalue weighted by Crippen LogP contribution is -2.54. The van der Waals surface area contributed by atoms with Crippen LogP contribution in [-0.2, 0) is 36.8 Å². The third-order valence-electron chi connectivity index (χ3n) is 6.99. The molecule has 45 heavy (non-hydrogen) atoms. The van der Waals surface area contributed by atoms with E-state index in [1.54, 1.807) is 12.1 Å². The van der Waals surface area contributed by atoms with Gasteiger partial charge in [0.05, 0.1) is 24.7 Å². The van der Waals surface area contributed by atoms with Crippen LogP contribution in [0.2, 0.25) is 0 Å². The van der Waals surface area contributed by atoms with E-state index in [0.717, 1.165) is 5.56 Å². The number of nitrogens with one attached hydrogen (secondary N) is 4. The number of hydrogen-bond donors (Lipinski definition) is 7. The molecule has 4 atom stereocenters. The Morgan fingerprint density at radius 3 is 1.91 bits per heavy atom. The van der Waals surface area contributed by atoms with E-state index in [4.69, 9.17) is 17.2 Å². The predicted octanol–water partition coefficient (Wildman–Crippen LogP) is -0.547. The summed E-state index contributed by atoms with van der Waals surface area (Å²) in [6, 6.07) is 11.8. The summed E-state index contributed by atoms with van der Waals surface area (Å²) < 4.78 is 0. The summed E-state index contributed by atoms with van der Waals surface area (Å²) in [5.41, 5.74) is 19.1. The molecular weight excluding hydrogens is 578 g/mol. The Morgan fingerprint density at radius 2 is 1.33 bits per heavy atom. The minimum absolute atomic E-state index is 0.0105. The number of amides is 5. The summed E-state index contributed by atoms with van der Waals surface area (Å²) in [6.07, 6.45) is 0.860. The normalized spacial score (nSPS) is 13.6. The van der Waals surface area contributed by atoms with Crippen molar-refractivity contribution < 1.29 is 28.8 Å². The third kappa shape index (κ3) is 13.3. The predicted molar refractivity (Wildman–Crippen MR) is 169 cm³/mol. The Kier molecular flexibility index (Phi) is 14.8. The quantitative estimate of drug-likeness (QED) is 0.114. The zero-order valence-electron chi connectivity index (χ0n) is 26.0. The zero-order chi connectivity index (χ0) is 33.5. The first-order valence-electron chi connectivity index (χ1n) is 14.9. The van der Waals surface area contributed by atoms with E-state index in [1.807, 2.05) is 44.2 Å². The molecule has 0 saturated carbocycles. The van der Waals surface area contributed by atoms with Crippen LogP contribution in [-0.4, -0.2) is 72.6 Å². The number of primary amides is 1. The molecule has 13 nitrogen and oxygen atoms in total. The van der Waals surface area contributed by atoms with Crippen LogP contribution in [0.3, 0.4) is 0 Å². The molecule has 0 aliphatic carbocycles. The molecule has 5 amide bonds. The number of Topliss-reactive ketones (excluding diaryl/α,β-unsaturated/α-hetero) is 1. The lowest BCUT2D eigenvalue weighted by molar-refractivity contribution is -0.131. The standard InChI is InChI=1S/C32H45N7O6/c1-19(2)15-24(33)30(43)36-14-13-26(39-31(44)25(34)16-22-9-11-23(12-10-22)29(35)42)32(45)37-18-28(41)38-27(20(3)40)17-21-7-5-4-6-8-21/h4-12,19,24-27H,13-18,33-34H2,1-3H3,(H2,35,42)(H,36,43)(H,37,45)(H,38,41)(H,39,44)/t24-,25-,26+,27-/m0/s1. The fourth-order valence-corrected chi connectivity index (χ4v) is 4.47. The molecule has 0 aliphatic rings.